The van der Waals surface area contributed by atoms with E-state index in [1.54, 1.807) is 6.07 Å². The van der Waals surface area contributed by atoms with Gasteiger partial charge in [0, 0.05) is 18.2 Å². The lowest BCUT2D eigenvalue weighted by molar-refractivity contribution is 0.0670. The van der Waals surface area contributed by atoms with Crippen LogP contribution >= 0.6 is 11.6 Å². The number of carbonyl (C=O) groups excluding carboxylic acids is 1. The molecule has 1 amide bonds. The fraction of sp³-hybridized carbons (Fsp3) is 0.350. The average molecular weight is 360 g/mol. The summed E-state index contributed by atoms with van der Waals surface area (Å²) in [6.45, 7) is 1.81. The number of rotatable bonds is 7. The Morgan fingerprint density at radius 2 is 2.12 bits per heavy atom. The van der Waals surface area contributed by atoms with Crippen molar-refractivity contribution >= 4 is 17.5 Å². The first-order chi connectivity index (χ1) is 12.2. The van der Waals surface area contributed by atoms with Crippen LogP contribution in [0.5, 0.6) is 5.75 Å². The number of hydrogen-bond donors (Lipinski definition) is 1. The minimum absolute atomic E-state index is 0.124. The first-order valence-corrected chi connectivity index (χ1v) is 8.96. The molecule has 5 heteroatoms. The van der Waals surface area contributed by atoms with Gasteiger partial charge in [0.15, 0.2) is 0 Å². The Hall–Kier alpha value is -2.04. The molecule has 2 aromatic carbocycles. The van der Waals surface area contributed by atoms with E-state index in [2.05, 4.69) is 5.32 Å². The molecule has 1 aliphatic heterocycles. The molecule has 0 aliphatic carbocycles. The highest BCUT2D eigenvalue weighted by atomic mass is 35.5. The van der Waals surface area contributed by atoms with Crippen molar-refractivity contribution in [1.82, 2.24) is 5.32 Å². The van der Waals surface area contributed by atoms with E-state index >= 15 is 0 Å². The second-order valence-corrected chi connectivity index (χ2v) is 6.51. The van der Waals surface area contributed by atoms with Crippen molar-refractivity contribution in [2.24, 2.45) is 0 Å². The summed E-state index contributed by atoms with van der Waals surface area (Å²) in [5, 5.41) is 3.65. The molecule has 1 heterocycles. The van der Waals surface area contributed by atoms with Gasteiger partial charge >= 0.3 is 0 Å². The van der Waals surface area contributed by atoms with E-state index in [0.29, 0.717) is 29.5 Å². The van der Waals surface area contributed by atoms with Crippen LogP contribution in [0.2, 0.25) is 5.02 Å². The van der Waals surface area contributed by atoms with E-state index in [4.69, 9.17) is 21.1 Å². The van der Waals surface area contributed by atoms with Crippen molar-refractivity contribution in [1.29, 1.82) is 0 Å². The zero-order valence-corrected chi connectivity index (χ0v) is 14.8. The van der Waals surface area contributed by atoms with Crippen molar-refractivity contribution in [3.63, 3.8) is 0 Å². The van der Waals surface area contributed by atoms with Crippen LogP contribution in [0.3, 0.4) is 0 Å². The van der Waals surface area contributed by atoms with E-state index in [1.807, 2.05) is 42.5 Å². The minimum Gasteiger partial charge on any atom is -0.490 e. The van der Waals surface area contributed by atoms with Gasteiger partial charge in [0.05, 0.1) is 11.7 Å². The number of benzene rings is 2. The van der Waals surface area contributed by atoms with Gasteiger partial charge in [-0.15, -0.1) is 0 Å². The largest absolute Gasteiger partial charge is 0.490 e. The molecule has 0 saturated carbocycles. The lowest BCUT2D eigenvalue weighted by atomic mass is 10.1. The lowest BCUT2D eigenvalue weighted by Gasteiger charge is -2.14. The summed E-state index contributed by atoms with van der Waals surface area (Å²) in [7, 11) is 0. The summed E-state index contributed by atoms with van der Waals surface area (Å²) in [6.07, 6.45) is 2.93. The smallest absolute Gasteiger partial charge is 0.255 e. The molecule has 0 spiro atoms. The quantitative estimate of drug-likeness (QED) is 0.816. The molecule has 1 N–H and O–H groups in total. The zero-order valence-electron chi connectivity index (χ0n) is 14.0. The molecule has 25 heavy (non-hydrogen) atoms. The zero-order chi connectivity index (χ0) is 17.5. The third kappa shape index (κ3) is 5.21. The first kappa shape index (κ1) is 17.8. The topological polar surface area (TPSA) is 47.6 Å². The number of halogens is 1. The number of ether oxygens (including phenoxy) is 2. The number of para-hydroxylation sites is 1. The maximum absolute atomic E-state index is 12.5. The van der Waals surface area contributed by atoms with E-state index < -0.39 is 0 Å². The summed E-state index contributed by atoms with van der Waals surface area (Å²) >= 11 is 5.98. The van der Waals surface area contributed by atoms with Crippen molar-refractivity contribution < 1.29 is 14.3 Å². The highest BCUT2D eigenvalue weighted by molar-refractivity contribution is 6.30. The molecule has 1 aliphatic rings. The van der Waals surface area contributed by atoms with Gasteiger partial charge < -0.3 is 14.8 Å². The number of amides is 1. The molecular formula is C20H22ClNO3. The van der Waals surface area contributed by atoms with Crippen molar-refractivity contribution in [2.75, 3.05) is 19.8 Å². The van der Waals surface area contributed by atoms with Gasteiger partial charge in [0.1, 0.15) is 12.4 Å². The Morgan fingerprint density at radius 1 is 1.24 bits per heavy atom. The van der Waals surface area contributed by atoms with Crippen LogP contribution < -0.4 is 10.1 Å². The molecule has 1 fully saturated rings. The predicted molar refractivity (Wildman–Crippen MR) is 98.4 cm³/mol. The van der Waals surface area contributed by atoms with E-state index in [1.165, 1.54) is 0 Å². The SMILES string of the molecule is O=C(NCCc1cccc(Cl)c1)c1ccccc1OCC1CCCO1. The molecule has 1 unspecified atom stereocenters. The fourth-order valence-electron chi connectivity index (χ4n) is 2.85. The van der Waals surface area contributed by atoms with Gasteiger partial charge in [0.25, 0.3) is 5.91 Å². The van der Waals surface area contributed by atoms with E-state index in [0.717, 1.165) is 31.4 Å². The monoisotopic (exact) mass is 359 g/mol. The van der Waals surface area contributed by atoms with Gasteiger partial charge in [-0.3, -0.25) is 4.79 Å². The molecule has 1 saturated heterocycles. The Morgan fingerprint density at radius 3 is 2.92 bits per heavy atom. The standard InChI is InChI=1S/C20H22ClNO3/c21-16-6-3-5-15(13-16)10-11-22-20(23)18-8-1-2-9-19(18)25-14-17-7-4-12-24-17/h1-3,5-6,8-9,13,17H,4,7,10-12,14H2,(H,22,23). The molecule has 4 nitrogen and oxygen atoms in total. The Balaban J connectivity index is 1.54. The van der Waals surface area contributed by atoms with E-state index in [-0.39, 0.29) is 12.0 Å². The molecule has 2 aromatic rings. The van der Waals surface area contributed by atoms with Crippen LogP contribution in [-0.2, 0) is 11.2 Å². The number of nitrogens with one attached hydrogen (secondary N) is 1. The first-order valence-electron chi connectivity index (χ1n) is 8.58. The Kier molecular flexibility index (Phi) is 6.31. The van der Waals surface area contributed by atoms with Crippen molar-refractivity contribution in [2.45, 2.75) is 25.4 Å². The lowest BCUT2D eigenvalue weighted by Crippen LogP contribution is -2.26. The summed E-state index contributed by atoms with van der Waals surface area (Å²) in [4.78, 5) is 12.5. The van der Waals surface area contributed by atoms with Crippen LogP contribution in [-0.4, -0.2) is 31.8 Å². The molecule has 1 atom stereocenters. The van der Waals surface area contributed by atoms with Gasteiger partial charge in [-0.1, -0.05) is 35.9 Å². The molecule has 132 valence electrons. The summed E-state index contributed by atoms with van der Waals surface area (Å²) in [5.74, 6) is 0.461. The predicted octanol–water partition coefficient (Wildman–Crippen LogP) is 3.87. The normalized spacial score (nSPS) is 16.6. The summed E-state index contributed by atoms with van der Waals surface area (Å²) in [6, 6.07) is 15.0. The van der Waals surface area contributed by atoms with Crippen LogP contribution in [0.25, 0.3) is 0 Å². The molecule has 3 rings (SSSR count). The van der Waals surface area contributed by atoms with Gasteiger partial charge in [-0.25, -0.2) is 0 Å². The average Bonchev–Trinajstić information content (AvgIpc) is 3.14. The fourth-order valence-corrected chi connectivity index (χ4v) is 3.06. The highest BCUT2D eigenvalue weighted by Crippen LogP contribution is 2.20. The molecule has 0 aromatic heterocycles. The number of carbonyl (C=O) groups is 1. The van der Waals surface area contributed by atoms with Crippen molar-refractivity contribution in [3.8, 4) is 5.75 Å². The Bertz CT molecular complexity index is 714. The van der Waals surface area contributed by atoms with Gasteiger partial charge in [-0.2, -0.15) is 0 Å². The second-order valence-electron chi connectivity index (χ2n) is 6.08. The van der Waals surface area contributed by atoms with Gasteiger partial charge in [0.2, 0.25) is 0 Å². The maximum Gasteiger partial charge on any atom is 0.255 e. The second kappa shape index (κ2) is 8.88. The highest BCUT2D eigenvalue weighted by Gasteiger charge is 2.18. The summed E-state index contributed by atoms with van der Waals surface area (Å²) in [5.41, 5.74) is 1.64. The van der Waals surface area contributed by atoms with Gasteiger partial charge in [-0.05, 0) is 49.1 Å². The molecule has 0 radical (unpaired) electrons. The van der Waals surface area contributed by atoms with Crippen LogP contribution in [0, 0.1) is 0 Å². The molecule has 0 bridgehead atoms. The van der Waals surface area contributed by atoms with Crippen LogP contribution in [0.1, 0.15) is 28.8 Å². The van der Waals surface area contributed by atoms with E-state index in [9.17, 15) is 4.79 Å². The minimum atomic E-state index is -0.134. The van der Waals surface area contributed by atoms with Crippen LogP contribution in [0.4, 0.5) is 0 Å². The summed E-state index contributed by atoms with van der Waals surface area (Å²) < 4.78 is 11.4. The van der Waals surface area contributed by atoms with Crippen molar-refractivity contribution in [3.05, 3.63) is 64.7 Å². The third-order valence-electron chi connectivity index (χ3n) is 4.17. The van der Waals surface area contributed by atoms with Crippen LogP contribution in [0.15, 0.2) is 48.5 Å². The maximum atomic E-state index is 12.5. The number of hydrogen-bond acceptors (Lipinski definition) is 3. The third-order valence-corrected chi connectivity index (χ3v) is 4.40. The molecular weight excluding hydrogens is 338 g/mol. The Labute approximate surface area is 153 Å².